The van der Waals surface area contributed by atoms with Crippen LogP contribution in [0.1, 0.15) is 31.1 Å². The Kier molecular flexibility index (Phi) is 3.10. The van der Waals surface area contributed by atoms with Gasteiger partial charge in [0.2, 0.25) is 0 Å². The zero-order valence-corrected chi connectivity index (χ0v) is 11.5. The first-order valence-electron chi connectivity index (χ1n) is 6.60. The molecule has 1 aliphatic heterocycles. The van der Waals surface area contributed by atoms with Crippen LogP contribution in [0.3, 0.4) is 0 Å². The zero-order chi connectivity index (χ0) is 14.3. The van der Waals surface area contributed by atoms with Gasteiger partial charge in [-0.3, -0.25) is 0 Å². The molecule has 1 N–H and O–H groups in total. The lowest BCUT2D eigenvalue weighted by atomic mass is 9.98. The Morgan fingerprint density at radius 1 is 1.45 bits per heavy atom. The second kappa shape index (κ2) is 4.80. The number of benzene rings is 1. The van der Waals surface area contributed by atoms with E-state index in [4.69, 9.17) is 9.15 Å². The number of allylic oxidation sites excluding steroid dienone is 2. The molecule has 3 rings (SSSR count). The predicted octanol–water partition coefficient (Wildman–Crippen LogP) is 2.73. The van der Waals surface area contributed by atoms with Gasteiger partial charge in [-0.15, -0.1) is 0 Å². The molecule has 0 aliphatic carbocycles. The van der Waals surface area contributed by atoms with Gasteiger partial charge < -0.3 is 14.3 Å². The van der Waals surface area contributed by atoms with E-state index >= 15 is 0 Å². The van der Waals surface area contributed by atoms with Gasteiger partial charge in [0.25, 0.3) is 0 Å². The largest absolute Gasteiger partial charge is 0.489 e. The topological polar surface area (TPSA) is 59.7 Å². The minimum absolute atomic E-state index is 0.164. The molecule has 0 saturated heterocycles. The number of aliphatic hydroxyl groups excluding tert-OH is 1. The summed E-state index contributed by atoms with van der Waals surface area (Å²) in [4.78, 5) is 12.1. The van der Waals surface area contributed by atoms with Crippen LogP contribution in [0.5, 0.6) is 5.75 Å². The monoisotopic (exact) mass is 272 g/mol. The van der Waals surface area contributed by atoms with Crippen LogP contribution in [0, 0.1) is 0 Å². The molecule has 0 amide bonds. The Morgan fingerprint density at radius 2 is 2.25 bits per heavy atom. The standard InChI is InChI=1S/C16H16O4/c1-9(2)6-7-11-15-14-10(12(17)8-19-15)4-3-5-13(14)20-16(11)18/h3-6,12,17H,7-8H2,1-2H3/t12-/m1/s1. The third-order valence-electron chi connectivity index (χ3n) is 3.47. The third kappa shape index (κ3) is 2.02. The van der Waals surface area contributed by atoms with Gasteiger partial charge in [0.05, 0.1) is 10.9 Å². The fourth-order valence-corrected chi connectivity index (χ4v) is 2.45. The quantitative estimate of drug-likeness (QED) is 0.674. The second-order valence-corrected chi connectivity index (χ2v) is 5.23. The van der Waals surface area contributed by atoms with Gasteiger partial charge in [0, 0.05) is 6.42 Å². The SMILES string of the molecule is CC(C)=CCc1c2c3c(cccc3oc1=O)[C@H](O)CO2. The molecule has 2 aromatic rings. The molecule has 0 fully saturated rings. The molecule has 2 heterocycles. The molecule has 4 nitrogen and oxygen atoms in total. The minimum Gasteiger partial charge on any atom is -0.489 e. The van der Waals surface area contributed by atoms with Crippen molar-refractivity contribution in [2.75, 3.05) is 6.61 Å². The molecule has 0 spiro atoms. The highest BCUT2D eigenvalue weighted by Crippen LogP contribution is 2.38. The van der Waals surface area contributed by atoms with E-state index in [1.54, 1.807) is 12.1 Å². The summed E-state index contributed by atoms with van der Waals surface area (Å²) < 4.78 is 11.0. The van der Waals surface area contributed by atoms with Gasteiger partial charge in [0.15, 0.2) is 0 Å². The number of aliphatic hydroxyl groups is 1. The maximum Gasteiger partial charge on any atom is 0.343 e. The highest BCUT2D eigenvalue weighted by molar-refractivity contribution is 5.89. The first-order valence-corrected chi connectivity index (χ1v) is 6.60. The summed E-state index contributed by atoms with van der Waals surface area (Å²) in [5.74, 6) is 0.551. The molecule has 104 valence electrons. The van der Waals surface area contributed by atoms with Crippen LogP contribution in [-0.2, 0) is 6.42 Å². The van der Waals surface area contributed by atoms with E-state index in [0.717, 1.165) is 11.1 Å². The van der Waals surface area contributed by atoms with E-state index in [9.17, 15) is 9.90 Å². The van der Waals surface area contributed by atoms with E-state index in [1.807, 2.05) is 26.0 Å². The Hall–Kier alpha value is -2.07. The molecule has 1 aromatic heterocycles. The molecule has 1 aliphatic rings. The summed E-state index contributed by atoms with van der Waals surface area (Å²) in [6, 6.07) is 5.33. The third-order valence-corrected chi connectivity index (χ3v) is 3.47. The van der Waals surface area contributed by atoms with Crippen molar-refractivity contribution in [3.8, 4) is 5.75 Å². The molecule has 0 saturated carbocycles. The Balaban J connectivity index is 2.30. The van der Waals surface area contributed by atoms with Crippen LogP contribution in [0.15, 0.2) is 39.1 Å². The lowest BCUT2D eigenvalue weighted by molar-refractivity contribution is 0.102. The van der Waals surface area contributed by atoms with Crippen molar-refractivity contribution < 1.29 is 14.3 Å². The molecule has 4 heteroatoms. The fraction of sp³-hybridized carbons (Fsp3) is 0.312. The van der Waals surface area contributed by atoms with Crippen molar-refractivity contribution in [2.24, 2.45) is 0 Å². The molecular weight excluding hydrogens is 256 g/mol. The van der Waals surface area contributed by atoms with Crippen molar-refractivity contribution in [3.05, 3.63) is 51.4 Å². The zero-order valence-electron chi connectivity index (χ0n) is 11.5. The van der Waals surface area contributed by atoms with Crippen LogP contribution in [0.2, 0.25) is 0 Å². The predicted molar refractivity (Wildman–Crippen MR) is 76.1 cm³/mol. The Bertz CT molecular complexity index is 751. The van der Waals surface area contributed by atoms with Gasteiger partial charge in [-0.1, -0.05) is 23.8 Å². The van der Waals surface area contributed by atoms with Crippen LogP contribution in [0.4, 0.5) is 0 Å². The van der Waals surface area contributed by atoms with Crippen LogP contribution in [0.25, 0.3) is 11.0 Å². The summed E-state index contributed by atoms with van der Waals surface area (Å²) in [5.41, 5.74) is 2.48. The van der Waals surface area contributed by atoms with E-state index in [0.29, 0.717) is 28.7 Å². The highest BCUT2D eigenvalue weighted by Gasteiger charge is 2.25. The van der Waals surface area contributed by atoms with Gasteiger partial charge in [0.1, 0.15) is 24.0 Å². The van der Waals surface area contributed by atoms with Crippen molar-refractivity contribution in [2.45, 2.75) is 26.4 Å². The van der Waals surface area contributed by atoms with E-state index < -0.39 is 6.10 Å². The molecule has 0 bridgehead atoms. The Morgan fingerprint density at radius 3 is 3.00 bits per heavy atom. The molecule has 1 aromatic carbocycles. The summed E-state index contributed by atoms with van der Waals surface area (Å²) in [6.45, 7) is 4.12. The lowest BCUT2D eigenvalue weighted by Gasteiger charge is -2.23. The normalized spacial score (nSPS) is 16.9. The number of rotatable bonds is 2. The number of hydrogen-bond acceptors (Lipinski definition) is 4. The van der Waals surface area contributed by atoms with E-state index in [1.165, 1.54) is 0 Å². The minimum atomic E-state index is -0.685. The summed E-state index contributed by atoms with van der Waals surface area (Å²) in [5, 5.41) is 10.7. The van der Waals surface area contributed by atoms with E-state index in [-0.39, 0.29) is 12.2 Å². The molecule has 0 unspecified atom stereocenters. The van der Waals surface area contributed by atoms with Crippen molar-refractivity contribution in [3.63, 3.8) is 0 Å². The van der Waals surface area contributed by atoms with Crippen LogP contribution in [-0.4, -0.2) is 11.7 Å². The lowest BCUT2D eigenvalue weighted by Crippen LogP contribution is -2.20. The van der Waals surface area contributed by atoms with Gasteiger partial charge in [-0.05, 0) is 25.5 Å². The van der Waals surface area contributed by atoms with Crippen molar-refractivity contribution in [1.82, 2.24) is 0 Å². The molecule has 20 heavy (non-hydrogen) atoms. The molecular formula is C16H16O4. The molecule has 0 radical (unpaired) electrons. The summed E-state index contributed by atoms with van der Waals surface area (Å²) in [6.07, 6.45) is 1.75. The smallest absolute Gasteiger partial charge is 0.343 e. The van der Waals surface area contributed by atoms with E-state index in [2.05, 4.69) is 0 Å². The average molecular weight is 272 g/mol. The number of ether oxygens (including phenoxy) is 1. The van der Waals surface area contributed by atoms with Gasteiger partial charge >= 0.3 is 5.63 Å². The summed E-state index contributed by atoms with van der Waals surface area (Å²) in [7, 11) is 0. The Labute approximate surface area is 116 Å². The van der Waals surface area contributed by atoms with Crippen LogP contribution < -0.4 is 10.4 Å². The number of hydrogen-bond donors (Lipinski definition) is 1. The average Bonchev–Trinajstić information content (AvgIpc) is 2.41. The van der Waals surface area contributed by atoms with Gasteiger partial charge in [-0.25, -0.2) is 4.79 Å². The molecule has 1 atom stereocenters. The first kappa shape index (κ1) is 12.9. The van der Waals surface area contributed by atoms with Gasteiger partial charge in [-0.2, -0.15) is 0 Å². The highest BCUT2D eigenvalue weighted by atomic mass is 16.5. The second-order valence-electron chi connectivity index (χ2n) is 5.23. The maximum absolute atomic E-state index is 12.1. The van der Waals surface area contributed by atoms with Crippen LogP contribution >= 0.6 is 0 Å². The fourth-order valence-electron chi connectivity index (χ4n) is 2.45. The van der Waals surface area contributed by atoms with Crippen molar-refractivity contribution >= 4 is 11.0 Å². The maximum atomic E-state index is 12.1. The van der Waals surface area contributed by atoms with Crippen molar-refractivity contribution in [1.29, 1.82) is 0 Å². The summed E-state index contributed by atoms with van der Waals surface area (Å²) >= 11 is 0. The first-order chi connectivity index (χ1) is 9.58.